The second-order valence-corrected chi connectivity index (χ2v) is 9.08. The maximum atomic E-state index is 12.9. The third kappa shape index (κ3) is 5.70. The summed E-state index contributed by atoms with van der Waals surface area (Å²) in [5.74, 6) is 1.29. The van der Waals surface area contributed by atoms with E-state index in [4.69, 9.17) is 9.47 Å². The zero-order chi connectivity index (χ0) is 22.5. The van der Waals surface area contributed by atoms with Gasteiger partial charge in [0.05, 0.1) is 12.0 Å². The van der Waals surface area contributed by atoms with Crippen molar-refractivity contribution in [2.75, 3.05) is 7.11 Å². The molecular formula is C25H30N2O3S. The number of carbonyl (C=O) groups is 1. The van der Waals surface area contributed by atoms with Gasteiger partial charge in [-0.25, -0.2) is 0 Å². The van der Waals surface area contributed by atoms with Crippen LogP contribution in [-0.2, 0) is 11.4 Å². The maximum absolute atomic E-state index is 12.9. The quantitative estimate of drug-likeness (QED) is 0.523. The molecule has 6 heteroatoms. The fourth-order valence-electron chi connectivity index (χ4n) is 3.14. The Morgan fingerprint density at radius 2 is 1.77 bits per heavy atom. The molecule has 1 amide bonds. The lowest BCUT2D eigenvalue weighted by molar-refractivity contribution is -0.123. The van der Waals surface area contributed by atoms with Crippen LogP contribution < -0.4 is 9.47 Å². The average molecular weight is 439 g/mol. The van der Waals surface area contributed by atoms with Crippen LogP contribution in [0.25, 0.3) is 6.08 Å². The Labute approximate surface area is 189 Å². The minimum atomic E-state index is -0.0157. The van der Waals surface area contributed by atoms with Crippen molar-refractivity contribution in [3.05, 3.63) is 64.1 Å². The number of amidine groups is 1. The Bertz CT molecular complexity index is 994. The number of aliphatic imine (C=N–C) groups is 1. The van der Waals surface area contributed by atoms with Crippen LogP contribution in [0.4, 0.5) is 0 Å². The number of amides is 1. The molecule has 2 aromatic rings. The monoisotopic (exact) mass is 438 g/mol. The first-order valence-electron chi connectivity index (χ1n) is 10.5. The fraction of sp³-hybridized carbons (Fsp3) is 0.360. The zero-order valence-electron chi connectivity index (χ0n) is 19.0. The number of methoxy groups -OCH3 is 1. The number of nitrogens with zero attached hydrogens (tertiary/aromatic N) is 2. The van der Waals surface area contributed by atoms with Crippen molar-refractivity contribution < 1.29 is 14.3 Å². The summed E-state index contributed by atoms with van der Waals surface area (Å²) in [6.07, 6.45) is 1.89. The second-order valence-electron chi connectivity index (χ2n) is 8.07. The van der Waals surface area contributed by atoms with Crippen LogP contribution >= 0.6 is 11.8 Å². The van der Waals surface area contributed by atoms with E-state index < -0.39 is 0 Å². The van der Waals surface area contributed by atoms with E-state index >= 15 is 0 Å². The van der Waals surface area contributed by atoms with Gasteiger partial charge in [-0.05, 0) is 75.7 Å². The van der Waals surface area contributed by atoms with Crippen LogP contribution in [0.1, 0.15) is 44.4 Å². The SMILES string of the molecule is COc1cc(/C=C2/SC(=NC(C)C)N(C(C)C)C2=O)ccc1OCc1ccc(C)cc1. The summed E-state index contributed by atoms with van der Waals surface area (Å²) in [5, 5.41) is 0.756. The Hall–Kier alpha value is -2.73. The highest BCUT2D eigenvalue weighted by atomic mass is 32.2. The number of thioether (sulfide) groups is 1. The molecule has 1 aliphatic heterocycles. The van der Waals surface area contributed by atoms with Crippen molar-refractivity contribution in [2.45, 2.75) is 53.3 Å². The molecule has 1 fully saturated rings. The summed E-state index contributed by atoms with van der Waals surface area (Å²) >= 11 is 1.42. The van der Waals surface area contributed by atoms with Crippen molar-refractivity contribution in [3.8, 4) is 11.5 Å². The van der Waals surface area contributed by atoms with Gasteiger partial charge >= 0.3 is 0 Å². The number of aryl methyl sites for hydroxylation is 1. The Morgan fingerprint density at radius 3 is 2.39 bits per heavy atom. The Balaban J connectivity index is 1.81. The van der Waals surface area contributed by atoms with Gasteiger partial charge < -0.3 is 9.47 Å². The molecule has 2 aromatic carbocycles. The van der Waals surface area contributed by atoms with E-state index in [0.29, 0.717) is 23.0 Å². The predicted octanol–water partition coefficient (Wildman–Crippen LogP) is 5.67. The molecule has 0 N–H and O–H groups in total. The topological polar surface area (TPSA) is 51.1 Å². The molecule has 0 aromatic heterocycles. The van der Waals surface area contributed by atoms with E-state index in [1.807, 2.05) is 52.0 Å². The molecule has 164 valence electrons. The van der Waals surface area contributed by atoms with Crippen LogP contribution in [0.15, 0.2) is 52.4 Å². The lowest BCUT2D eigenvalue weighted by Crippen LogP contribution is -2.35. The summed E-state index contributed by atoms with van der Waals surface area (Å²) in [4.78, 5) is 20.0. The molecule has 0 unspecified atom stereocenters. The van der Waals surface area contributed by atoms with Gasteiger partial charge in [-0.3, -0.25) is 14.7 Å². The van der Waals surface area contributed by atoms with Crippen molar-refractivity contribution in [2.24, 2.45) is 4.99 Å². The Kier molecular flexibility index (Phi) is 7.44. The van der Waals surface area contributed by atoms with E-state index in [1.54, 1.807) is 12.0 Å². The average Bonchev–Trinajstić information content (AvgIpc) is 3.02. The van der Waals surface area contributed by atoms with E-state index in [1.165, 1.54) is 17.3 Å². The van der Waals surface area contributed by atoms with Crippen molar-refractivity contribution in [3.63, 3.8) is 0 Å². The number of benzene rings is 2. The van der Waals surface area contributed by atoms with E-state index in [9.17, 15) is 4.79 Å². The molecule has 1 saturated heterocycles. The van der Waals surface area contributed by atoms with Crippen LogP contribution in [0.3, 0.4) is 0 Å². The number of rotatable bonds is 7. The third-order valence-electron chi connectivity index (χ3n) is 4.72. The minimum absolute atomic E-state index is 0.0157. The first-order valence-corrected chi connectivity index (χ1v) is 11.3. The number of hydrogen-bond acceptors (Lipinski definition) is 5. The molecule has 1 aliphatic rings. The maximum Gasteiger partial charge on any atom is 0.266 e. The molecule has 5 nitrogen and oxygen atoms in total. The van der Waals surface area contributed by atoms with Gasteiger partial charge in [0.2, 0.25) is 0 Å². The highest BCUT2D eigenvalue weighted by Gasteiger charge is 2.35. The number of carbonyl (C=O) groups excluding carboxylic acids is 1. The van der Waals surface area contributed by atoms with Crippen LogP contribution in [0, 0.1) is 6.92 Å². The molecular weight excluding hydrogens is 408 g/mol. The Morgan fingerprint density at radius 1 is 1.06 bits per heavy atom. The summed E-state index contributed by atoms with van der Waals surface area (Å²) in [6, 6.07) is 14.1. The lowest BCUT2D eigenvalue weighted by Gasteiger charge is -2.20. The van der Waals surface area contributed by atoms with Gasteiger partial charge in [-0.15, -0.1) is 0 Å². The molecule has 3 rings (SSSR count). The van der Waals surface area contributed by atoms with Gasteiger partial charge in [0, 0.05) is 12.1 Å². The summed E-state index contributed by atoms with van der Waals surface area (Å²) in [7, 11) is 1.62. The first-order chi connectivity index (χ1) is 14.8. The first kappa shape index (κ1) is 22.9. The highest BCUT2D eigenvalue weighted by Crippen LogP contribution is 2.36. The third-order valence-corrected chi connectivity index (χ3v) is 5.72. The zero-order valence-corrected chi connectivity index (χ0v) is 19.8. The molecule has 0 aliphatic carbocycles. The second kappa shape index (κ2) is 10.1. The fourth-order valence-corrected chi connectivity index (χ4v) is 4.38. The summed E-state index contributed by atoms with van der Waals surface area (Å²) in [6.45, 7) is 10.5. The van der Waals surface area contributed by atoms with Crippen LogP contribution in [0.2, 0.25) is 0 Å². The van der Waals surface area contributed by atoms with Crippen LogP contribution in [0.5, 0.6) is 11.5 Å². The minimum Gasteiger partial charge on any atom is -0.493 e. The van der Waals surface area contributed by atoms with Crippen molar-refractivity contribution >= 4 is 28.9 Å². The standard InChI is InChI=1S/C25H30N2O3S/c1-16(2)26-25-27(17(3)4)24(28)23(31-25)14-20-11-12-21(22(13-20)29-6)30-15-19-9-7-18(5)8-10-19/h7-14,16-17H,15H2,1-6H3/b23-14+,26-25?. The van der Waals surface area contributed by atoms with Crippen molar-refractivity contribution in [1.29, 1.82) is 0 Å². The molecule has 31 heavy (non-hydrogen) atoms. The van der Waals surface area contributed by atoms with Gasteiger partial charge in [-0.2, -0.15) is 0 Å². The van der Waals surface area contributed by atoms with Gasteiger partial charge in [0.1, 0.15) is 6.61 Å². The molecule has 1 heterocycles. The largest absolute Gasteiger partial charge is 0.493 e. The summed E-state index contributed by atoms with van der Waals surface area (Å²) in [5.41, 5.74) is 3.19. The number of hydrogen-bond donors (Lipinski definition) is 0. The molecule has 0 spiro atoms. The van der Waals surface area contributed by atoms with Gasteiger partial charge in [0.25, 0.3) is 5.91 Å². The predicted molar refractivity (Wildman–Crippen MR) is 129 cm³/mol. The number of ether oxygens (including phenoxy) is 2. The molecule has 0 radical (unpaired) electrons. The smallest absolute Gasteiger partial charge is 0.266 e. The van der Waals surface area contributed by atoms with Crippen LogP contribution in [-0.4, -0.2) is 35.2 Å². The highest BCUT2D eigenvalue weighted by molar-refractivity contribution is 8.18. The molecule has 0 atom stereocenters. The molecule has 0 saturated carbocycles. The normalized spacial score (nSPS) is 16.8. The van der Waals surface area contributed by atoms with Gasteiger partial charge in [0.15, 0.2) is 16.7 Å². The van der Waals surface area contributed by atoms with Gasteiger partial charge in [-0.1, -0.05) is 35.9 Å². The molecule has 0 bridgehead atoms. The van der Waals surface area contributed by atoms with Crippen molar-refractivity contribution in [1.82, 2.24) is 4.90 Å². The van der Waals surface area contributed by atoms with E-state index in [-0.39, 0.29) is 18.0 Å². The van der Waals surface area contributed by atoms with E-state index in [2.05, 4.69) is 36.2 Å². The van der Waals surface area contributed by atoms with E-state index in [0.717, 1.165) is 16.3 Å². The summed E-state index contributed by atoms with van der Waals surface area (Å²) < 4.78 is 11.5. The lowest BCUT2D eigenvalue weighted by atomic mass is 10.1.